The number of benzene rings is 2. The van der Waals surface area contributed by atoms with Crippen LogP contribution in [0.5, 0.6) is 0 Å². The monoisotopic (exact) mass is 641 g/mol. The molecule has 0 spiro atoms. The predicted octanol–water partition coefficient (Wildman–Crippen LogP) is 8.46. The van der Waals surface area contributed by atoms with Crippen molar-refractivity contribution in [1.29, 1.82) is 0 Å². The molecule has 2 heterocycles. The highest BCUT2D eigenvalue weighted by atomic mass is 35.5. The van der Waals surface area contributed by atoms with E-state index in [0.29, 0.717) is 62.9 Å². The molecule has 1 atom stereocenters. The van der Waals surface area contributed by atoms with Crippen LogP contribution in [0, 0.1) is 11.8 Å². The molecule has 5 rings (SSSR count). The highest BCUT2D eigenvalue weighted by molar-refractivity contribution is 6.39. The van der Waals surface area contributed by atoms with E-state index in [1.807, 2.05) is 22.6 Å². The zero-order chi connectivity index (χ0) is 30.4. The Hall–Kier alpha value is -2.62. The summed E-state index contributed by atoms with van der Waals surface area (Å²) in [6.45, 7) is 4.07. The van der Waals surface area contributed by atoms with Crippen molar-refractivity contribution in [2.75, 3.05) is 23.3 Å². The second-order valence-electron chi connectivity index (χ2n) is 11.5. The molecule has 226 valence electrons. The Morgan fingerprint density at radius 1 is 1.21 bits per heavy atom. The topological polar surface area (TPSA) is 62.2 Å². The Balaban J connectivity index is 1.36. The fourth-order valence-electron chi connectivity index (χ4n) is 5.86. The highest BCUT2D eigenvalue weighted by Crippen LogP contribution is 2.42. The molecule has 1 unspecified atom stereocenters. The van der Waals surface area contributed by atoms with Gasteiger partial charge in [-0.3, -0.25) is 4.79 Å². The molecular weight excluding hydrogens is 610 g/mol. The summed E-state index contributed by atoms with van der Waals surface area (Å²) in [6.07, 6.45) is 3.85. The lowest BCUT2D eigenvalue weighted by atomic mass is 9.73. The number of nitrogens with zero attached hydrogens (tertiary/aromatic N) is 3. The van der Waals surface area contributed by atoms with Crippen molar-refractivity contribution in [3.63, 3.8) is 0 Å². The number of fused-ring (bicyclic) bond motifs is 1. The van der Waals surface area contributed by atoms with Crippen LogP contribution >= 0.6 is 34.8 Å². The Kier molecular flexibility index (Phi) is 8.67. The SMILES string of the molecule is CC=CC(F)(F)C1CCCN(c2cc3c(cc2Cl)nc(Nc2c(Cl)ccc(CNC(=O)C4CC(C)(F)C4)c2Cl)n3C)C1. The van der Waals surface area contributed by atoms with Gasteiger partial charge in [-0.25, -0.2) is 18.2 Å². The lowest BCUT2D eigenvalue weighted by Crippen LogP contribution is -2.45. The molecule has 0 radical (unpaired) electrons. The van der Waals surface area contributed by atoms with Crippen LogP contribution in [-0.2, 0) is 18.4 Å². The Labute approximate surface area is 258 Å². The molecule has 2 aliphatic rings. The first-order valence-corrected chi connectivity index (χ1v) is 15.1. The number of carbonyl (C=O) groups is 1. The van der Waals surface area contributed by atoms with Crippen LogP contribution in [0.15, 0.2) is 36.4 Å². The quantitative estimate of drug-likeness (QED) is 0.242. The summed E-state index contributed by atoms with van der Waals surface area (Å²) in [6, 6.07) is 6.99. The molecule has 1 aromatic heterocycles. The maximum absolute atomic E-state index is 14.7. The van der Waals surface area contributed by atoms with Gasteiger partial charge in [0.05, 0.1) is 37.5 Å². The lowest BCUT2D eigenvalue weighted by molar-refractivity contribution is -0.133. The molecule has 2 fully saturated rings. The second-order valence-corrected chi connectivity index (χ2v) is 12.7. The number of anilines is 3. The molecule has 0 bridgehead atoms. The van der Waals surface area contributed by atoms with Gasteiger partial charge in [0.2, 0.25) is 11.9 Å². The fraction of sp³-hybridized carbons (Fsp3) is 0.467. The van der Waals surface area contributed by atoms with E-state index in [4.69, 9.17) is 34.8 Å². The van der Waals surface area contributed by atoms with Crippen LogP contribution in [0.4, 0.5) is 30.5 Å². The Morgan fingerprint density at radius 2 is 1.95 bits per heavy atom. The van der Waals surface area contributed by atoms with E-state index in [1.54, 1.807) is 25.1 Å². The van der Waals surface area contributed by atoms with Crippen LogP contribution < -0.4 is 15.5 Å². The molecule has 42 heavy (non-hydrogen) atoms. The first-order valence-electron chi connectivity index (χ1n) is 13.9. The number of carbonyl (C=O) groups excluding carboxylic acids is 1. The molecule has 1 amide bonds. The third-order valence-corrected chi connectivity index (χ3v) is 9.27. The number of rotatable bonds is 8. The largest absolute Gasteiger partial charge is 0.370 e. The summed E-state index contributed by atoms with van der Waals surface area (Å²) in [7, 11) is 1.82. The van der Waals surface area contributed by atoms with Crippen LogP contribution in [0.2, 0.25) is 15.1 Å². The van der Waals surface area contributed by atoms with Crippen molar-refractivity contribution in [3.05, 3.63) is 57.0 Å². The highest BCUT2D eigenvalue weighted by Gasteiger charge is 2.44. The molecule has 3 aromatic rings. The van der Waals surface area contributed by atoms with Gasteiger partial charge in [-0.05, 0) is 69.4 Å². The van der Waals surface area contributed by atoms with Crippen LogP contribution in [-0.4, -0.2) is 40.1 Å². The standard InChI is InChI=1S/C30H33Cl3F3N5O/c1-4-9-30(35,36)19-6-5-10-41(16-19)23-12-24-22(11-21(23)32)38-28(40(24)3)39-26-20(31)8-7-17(25(26)33)15-37-27(42)18-13-29(2,34)14-18/h4,7-9,11-12,18-19H,5-6,10,13-16H2,1-3H3,(H,37,42)(H,38,39). The van der Waals surface area contributed by atoms with Gasteiger partial charge in [-0.1, -0.05) is 46.9 Å². The Bertz CT molecular complexity index is 1530. The molecule has 1 aliphatic heterocycles. The number of halogens is 6. The van der Waals surface area contributed by atoms with Gasteiger partial charge in [-0.2, -0.15) is 0 Å². The van der Waals surface area contributed by atoms with Crippen molar-refractivity contribution >= 4 is 69.1 Å². The van der Waals surface area contributed by atoms with Crippen molar-refractivity contribution in [2.45, 2.75) is 57.7 Å². The fourth-order valence-corrected chi connectivity index (χ4v) is 6.67. The van der Waals surface area contributed by atoms with Gasteiger partial charge in [0, 0.05) is 38.5 Å². The number of imidazole rings is 1. The van der Waals surface area contributed by atoms with E-state index in [1.165, 1.54) is 13.0 Å². The minimum Gasteiger partial charge on any atom is -0.370 e. The van der Waals surface area contributed by atoms with Gasteiger partial charge in [0.1, 0.15) is 5.67 Å². The number of alkyl halides is 3. The summed E-state index contributed by atoms with van der Waals surface area (Å²) in [5.74, 6) is -3.82. The number of nitrogens with one attached hydrogen (secondary N) is 2. The maximum Gasteiger partial charge on any atom is 0.270 e. The van der Waals surface area contributed by atoms with E-state index >= 15 is 0 Å². The van der Waals surface area contributed by atoms with Crippen molar-refractivity contribution in [2.24, 2.45) is 18.9 Å². The van der Waals surface area contributed by atoms with Crippen LogP contribution in [0.3, 0.4) is 0 Å². The number of allylic oxidation sites excluding steroid dienone is 2. The molecule has 12 heteroatoms. The first-order chi connectivity index (χ1) is 19.8. The van der Waals surface area contributed by atoms with Crippen LogP contribution in [0.1, 0.15) is 45.1 Å². The zero-order valence-corrected chi connectivity index (χ0v) is 25.9. The second kappa shape index (κ2) is 11.8. The predicted molar refractivity (Wildman–Crippen MR) is 164 cm³/mol. The number of amides is 1. The number of piperidine rings is 1. The third kappa shape index (κ3) is 6.19. The summed E-state index contributed by atoms with van der Waals surface area (Å²) in [5.41, 5.74) is 1.79. The molecule has 1 aliphatic carbocycles. The molecule has 1 saturated heterocycles. The maximum atomic E-state index is 14.7. The van der Waals surface area contributed by atoms with Gasteiger partial charge in [0.25, 0.3) is 5.92 Å². The van der Waals surface area contributed by atoms with Gasteiger partial charge in [0.15, 0.2) is 0 Å². The normalized spacial score (nSPS) is 22.9. The summed E-state index contributed by atoms with van der Waals surface area (Å²) in [5, 5.41) is 7.14. The smallest absolute Gasteiger partial charge is 0.270 e. The van der Waals surface area contributed by atoms with Crippen molar-refractivity contribution in [3.8, 4) is 0 Å². The number of hydrogen-bond donors (Lipinski definition) is 2. The molecular formula is C30H33Cl3F3N5O. The van der Waals surface area contributed by atoms with E-state index in [2.05, 4.69) is 15.6 Å². The summed E-state index contributed by atoms with van der Waals surface area (Å²) in [4.78, 5) is 19.0. The number of hydrogen-bond acceptors (Lipinski definition) is 4. The molecule has 1 saturated carbocycles. The van der Waals surface area contributed by atoms with Gasteiger partial charge in [-0.15, -0.1) is 0 Å². The third-order valence-electron chi connectivity index (χ3n) is 8.22. The van der Waals surface area contributed by atoms with Crippen LogP contribution in [0.25, 0.3) is 11.0 Å². The summed E-state index contributed by atoms with van der Waals surface area (Å²) >= 11 is 19.9. The van der Waals surface area contributed by atoms with Gasteiger partial charge >= 0.3 is 0 Å². The number of aromatic nitrogens is 2. The molecule has 2 aromatic carbocycles. The van der Waals surface area contributed by atoms with Crippen molar-refractivity contribution in [1.82, 2.24) is 14.9 Å². The first kappa shape index (κ1) is 30.8. The average Bonchev–Trinajstić information content (AvgIpc) is 3.22. The minimum absolute atomic E-state index is 0.161. The van der Waals surface area contributed by atoms with E-state index in [0.717, 1.165) is 11.6 Å². The zero-order valence-electron chi connectivity index (χ0n) is 23.6. The van der Waals surface area contributed by atoms with Gasteiger partial charge < -0.3 is 20.1 Å². The minimum atomic E-state index is -2.89. The van der Waals surface area contributed by atoms with E-state index < -0.39 is 17.5 Å². The van der Waals surface area contributed by atoms with Crippen molar-refractivity contribution < 1.29 is 18.0 Å². The van der Waals surface area contributed by atoms with E-state index in [-0.39, 0.29) is 37.8 Å². The molecule has 6 nitrogen and oxygen atoms in total. The molecule has 2 N–H and O–H groups in total. The Morgan fingerprint density at radius 3 is 2.64 bits per heavy atom. The summed E-state index contributed by atoms with van der Waals surface area (Å²) < 4.78 is 45.0. The average molecular weight is 643 g/mol. The number of aryl methyl sites for hydroxylation is 1. The van der Waals surface area contributed by atoms with E-state index in [9.17, 15) is 18.0 Å². The lowest BCUT2D eigenvalue weighted by Gasteiger charge is -2.37.